The highest BCUT2D eigenvalue weighted by molar-refractivity contribution is 5.81. The molecule has 188 valence electrons. The number of benzene rings is 2. The summed E-state index contributed by atoms with van der Waals surface area (Å²) in [6.45, 7) is -0.0694. The van der Waals surface area contributed by atoms with Crippen LogP contribution in [0.2, 0.25) is 0 Å². The molecule has 0 bridgehead atoms. The van der Waals surface area contributed by atoms with E-state index >= 15 is 0 Å². The zero-order valence-corrected chi connectivity index (χ0v) is 19.3. The molecule has 1 saturated heterocycles. The highest BCUT2D eigenvalue weighted by Gasteiger charge is 2.44. The SMILES string of the molecule is Nc1ncnc2c1ncn2[C@@H]1O[C@H](COCC(O)COc2ccccc2-c2ccccc2)[C@@H](O)[C@H]1O. The molecule has 3 heterocycles. The summed E-state index contributed by atoms with van der Waals surface area (Å²) in [5.41, 5.74) is 8.51. The molecular weight excluding hydrogens is 466 g/mol. The zero-order chi connectivity index (χ0) is 25.1. The average molecular weight is 494 g/mol. The molecule has 1 aliphatic rings. The minimum Gasteiger partial charge on any atom is -0.490 e. The average Bonchev–Trinajstić information content (AvgIpc) is 3.45. The molecule has 5 atom stereocenters. The Balaban J connectivity index is 1.14. The Bertz CT molecular complexity index is 1300. The van der Waals surface area contributed by atoms with Gasteiger partial charge in [-0.25, -0.2) is 15.0 Å². The molecule has 0 saturated carbocycles. The van der Waals surface area contributed by atoms with Gasteiger partial charge in [0.15, 0.2) is 17.7 Å². The van der Waals surface area contributed by atoms with E-state index in [9.17, 15) is 15.3 Å². The van der Waals surface area contributed by atoms with Crippen molar-refractivity contribution < 1.29 is 29.5 Å². The van der Waals surface area contributed by atoms with Crippen LogP contribution in [0, 0.1) is 0 Å². The summed E-state index contributed by atoms with van der Waals surface area (Å²) >= 11 is 0. The predicted molar refractivity (Wildman–Crippen MR) is 130 cm³/mol. The molecule has 4 aromatic rings. The first kappa shape index (κ1) is 24.1. The fraction of sp³-hybridized carbons (Fsp3) is 0.320. The number of aromatic nitrogens is 4. The van der Waals surface area contributed by atoms with E-state index in [-0.39, 0.29) is 25.6 Å². The van der Waals surface area contributed by atoms with Gasteiger partial charge in [-0.2, -0.15) is 0 Å². The predicted octanol–water partition coefficient (Wildman–Crippen LogP) is 1.15. The minimum absolute atomic E-state index is 0.0192. The van der Waals surface area contributed by atoms with Crippen molar-refractivity contribution in [3.05, 3.63) is 67.3 Å². The molecule has 0 amide bonds. The third-order valence-corrected chi connectivity index (χ3v) is 5.99. The number of fused-ring (bicyclic) bond motifs is 1. The van der Waals surface area contributed by atoms with Crippen LogP contribution in [0.15, 0.2) is 67.3 Å². The van der Waals surface area contributed by atoms with Crippen LogP contribution < -0.4 is 10.5 Å². The Morgan fingerprint density at radius 3 is 2.58 bits per heavy atom. The van der Waals surface area contributed by atoms with Gasteiger partial charge in [0, 0.05) is 5.56 Å². The quantitative estimate of drug-likeness (QED) is 0.266. The largest absolute Gasteiger partial charge is 0.490 e. The molecule has 0 radical (unpaired) electrons. The fourth-order valence-corrected chi connectivity index (χ4v) is 4.16. The molecule has 1 aliphatic heterocycles. The molecule has 11 nitrogen and oxygen atoms in total. The smallest absolute Gasteiger partial charge is 0.167 e. The lowest BCUT2D eigenvalue weighted by Crippen LogP contribution is -2.35. The van der Waals surface area contributed by atoms with Gasteiger partial charge in [-0.05, 0) is 11.6 Å². The molecule has 1 unspecified atom stereocenters. The second kappa shape index (κ2) is 10.6. The van der Waals surface area contributed by atoms with Crippen LogP contribution in [0.3, 0.4) is 0 Å². The van der Waals surface area contributed by atoms with E-state index in [0.717, 1.165) is 11.1 Å². The number of nitrogen functional groups attached to an aromatic ring is 1. The number of aliphatic hydroxyl groups excluding tert-OH is 3. The maximum absolute atomic E-state index is 10.5. The van der Waals surface area contributed by atoms with E-state index in [2.05, 4.69) is 15.0 Å². The fourth-order valence-electron chi connectivity index (χ4n) is 4.16. The number of hydrogen-bond acceptors (Lipinski definition) is 10. The van der Waals surface area contributed by atoms with E-state index in [1.165, 1.54) is 17.2 Å². The van der Waals surface area contributed by atoms with Gasteiger partial charge < -0.3 is 35.3 Å². The zero-order valence-electron chi connectivity index (χ0n) is 19.3. The van der Waals surface area contributed by atoms with E-state index in [1.807, 2.05) is 54.6 Å². The highest BCUT2D eigenvalue weighted by atomic mass is 16.6. The molecule has 5 N–H and O–H groups in total. The number of aliphatic hydroxyl groups is 3. The van der Waals surface area contributed by atoms with Gasteiger partial charge in [0.25, 0.3) is 0 Å². The number of rotatable bonds is 9. The summed E-state index contributed by atoms with van der Waals surface area (Å²) in [5.74, 6) is 0.856. The van der Waals surface area contributed by atoms with Crippen molar-refractivity contribution in [1.29, 1.82) is 0 Å². The highest BCUT2D eigenvalue weighted by Crippen LogP contribution is 2.32. The van der Waals surface area contributed by atoms with Crippen LogP contribution in [0.5, 0.6) is 5.75 Å². The molecule has 0 spiro atoms. The Morgan fingerprint density at radius 1 is 0.972 bits per heavy atom. The van der Waals surface area contributed by atoms with Crippen molar-refractivity contribution in [2.45, 2.75) is 30.6 Å². The number of ether oxygens (including phenoxy) is 3. The Morgan fingerprint density at radius 2 is 1.75 bits per heavy atom. The minimum atomic E-state index is -1.24. The molecule has 36 heavy (non-hydrogen) atoms. The molecule has 1 fully saturated rings. The van der Waals surface area contributed by atoms with Gasteiger partial charge in [-0.3, -0.25) is 4.57 Å². The number of para-hydroxylation sites is 1. The van der Waals surface area contributed by atoms with E-state index in [4.69, 9.17) is 19.9 Å². The third kappa shape index (κ3) is 4.87. The van der Waals surface area contributed by atoms with Gasteiger partial charge in [-0.15, -0.1) is 0 Å². The summed E-state index contributed by atoms with van der Waals surface area (Å²) in [6.07, 6.45) is -2.41. The Kier molecular flexibility index (Phi) is 7.07. The van der Waals surface area contributed by atoms with E-state index in [0.29, 0.717) is 16.9 Å². The van der Waals surface area contributed by atoms with E-state index < -0.39 is 30.6 Å². The van der Waals surface area contributed by atoms with Crippen LogP contribution in [-0.4, -0.2) is 79.1 Å². The second-order valence-corrected chi connectivity index (χ2v) is 8.49. The number of anilines is 1. The summed E-state index contributed by atoms with van der Waals surface area (Å²) in [7, 11) is 0. The molecule has 5 rings (SSSR count). The Labute approximate surface area is 206 Å². The normalized spacial score (nSPS) is 22.6. The number of nitrogens with two attached hydrogens (primary N) is 1. The van der Waals surface area contributed by atoms with Gasteiger partial charge in [0.05, 0.1) is 19.5 Å². The molecule has 2 aromatic heterocycles. The van der Waals surface area contributed by atoms with Crippen molar-refractivity contribution in [1.82, 2.24) is 19.5 Å². The maximum Gasteiger partial charge on any atom is 0.167 e. The first-order valence-electron chi connectivity index (χ1n) is 11.5. The monoisotopic (exact) mass is 493 g/mol. The van der Waals surface area contributed by atoms with Crippen LogP contribution in [0.1, 0.15) is 6.23 Å². The van der Waals surface area contributed by atoms with Crippen LogP contribution in [0.4, 0.5) is 5.82 Å². The van der Waals surface area contributed by atoms with Crippen LogP contribution in [-0.2, 0) is 9.47 Å². The van der Waals surface area contributed by atoms with Crippen molar-refractivity contribution in [2.75, 3.05) is 25.6 Å². The van der Waals surface area contributed by atoms with Crippen molar-refractivity contribution >= 4 is 17.0 Å². The standard InChI is InChI=1S/C25H27N5O6/c26-23-20-24(28-13-27-23)30(14-29-20)25-22(33)21(32)19(36-25)12-34-10-16(31)11-35-18-9-5-4-8-17(18)15-6-2-1-3-7-15/h1-9,13-14,16,19,21-22,25,31-33H,10-12H2,(H2,26,27,28)/t16?,19-,21-,22-,25-/m1/s1. The Hall–Kier alpha value is -3.61. The topological polar surface area (TPSA) is 158 Å². The molecule has 2 aromatic carbocycles. The van der Waals surface area contributed by atoms with Gasteiger partial charge in [0.1, 0.15) is 48.6 Å². The lowest BCUT2D eigenvalue weighted by molar-refractivity contribution is -0.0786. The number of hydrogen-bond donors (Lipinski definition) is 4. The van der Waals surface area contributed by atoms with Crippen LogP contribution >= 0.6 is 0 Å². The van der Waals surface area contributed by atoms with Crippen LogP contribution in [0.25, 0.3) is 22.3 Å². The summed E-state index contributed by atoms with van der Waals surface area (Å²) in [4.78, 5) is 12.2. The number of imidazole rings is 1. The first-order valence-corrected chi connectivity index (χ1v) is 11.5. The first-order chi connectivity index (χ1) is 17.5. The third-order valence-electron chi connectivity index (χ3n) is 5.99. The molecular formula is C25H27N5O6. The molecule has 0 aliphatic carbocycles. The summed E-state index contributed by atoms with van der Waals surface area (Å²) < 4.78 is 18.8. The van der Waals surface area contributed by atoms with Crippen molar-refractivity contribution in [3.8, 4) is 16.9 Å². The number of nitrogens with zero attached hydrogens (tertiary/aromatic N) is 4. The lowest BCUT2D eigenvalue weighted by atomic mass is 10.1. The summed E-state index contributed by atoms with van der Waals surface area (Å²) in [5, 5.41) is 31.4. The van der Waals surface area contributed by atoms with Gasteiger partial charge >= 0.3 is 0 Å². The maximum atomic E-state index is 10.5. The van der Waals surface area contributed by atoms with Crippen molar-refractivity contribution in [3.63, 3.8) is 0 Å². The second-order valence-electron chi connectivity index (χ2n) is 8.49. The van der Waals surface area contributed by atoms with Gasteiger partial charge in [-0.1, -0.05) is 48.5 Å². The lowest BCUT2D eigenvalue weighted by Gasteiger charge is -2.18. The molecule has 11 heteroatoms. The van der Waals surface area contributed by atoms with Gasteiger partial charge in [0.2, 0.25) is 0 Å². The summed E-state index contributed by atoms with van der Waals surface area (Å²) in [6, 6.07) is 17.4. The van der Waals surface area contributed by atoms with Crippen molar-refractivity contribution in [2.24, 2.45) is 0 Å². The van der Waals surface area contributed by atoms with E-state index in [1.54, 1.807) is 0 Å².